The second kappa shape index (κ2) is 5.20. The highest BCUT2D eigenvalue weighted by molar-refractivity contribution is 9.10. The van der Waals surface area contributed by atoms with Gasteiger partial charge < -0.3 is 4.90 Å². The van der Waals surface area contributed by atoms with E-state index in [0.29, 0.717) is 10.6 Å². The fourth-order valence-electron chi connectivity index (χ4n) is 1.08. The topological polar surface area (TPSA) is 20.3 Å². The molecule has 1 rings (SSSR count). The molecule has 0 heterocycles. The quantitative estimate of drug-likeness (QED) is 0.766. The minimum absolute atomic E-state index is 0.176. The molecular formula is C11H9BrClNO. The minimum atomic E-state index is -0.176. The number of hydrogen-bond donors (Lipinski definition) is 0. The van der Waals surface area contributed by atoms with E-state index in [4.69, 9.17) is 18.0 Å². The lowest BCUT2D eigenvalue weighted by atomic mass is 10.2. The number of carbonyl (C=O) groups excluding carboxylic acids is 1. The van der Waals surface area contributed by atoms with Crippen LogP contribution in [-0.2, 0) is 0 Å². The third-order valence-electron chi connectivity index (χ3n) is 1.84. The van der Waals surface area contributed by atoms with E-state index < -0.39 is 0 Å². The first-order valence-corrected chi connectivity index (χ1v) is 5.37. The Morgan fingerprint density at radius 3 is 2.87 bits per heavy atom. The highest BCUT2D eigenvalue weighted by Gasteiger charge is 2.14. The van der Waals surface area contributed by atoms with Crippen LogP contribution in [0.3, 0.4) is 0 Å². The number of terminal acetylenes is 1. The Kier molecular flexibility index (Phi) is 4.19. The van der Waals surface area contributed by atoms with Gasteiger partial charge in [0.15, 0.2) is 0 Å². The summed E-state index contributed by atoms with van der Waals surface area (Å²) in [4.78, 5) is 13.2. The molecule has 0 atom stereocenters. The van der Waals surface area contributed by atoms with Gasteiger partial charge in [0.05, 0.1) is 17.1 Å². The molecular weight excluding hydrogens is 277 g/mol. The molecule has 0 aliphatic carbocycles. The molecule has 0 N–H and O–H groups in total. The van der Waals surface area contributed by atoms with Crippen LogP contribution in [0.25, 0.3) is 0 Å². The van der Waals surface area contributed by atoms with E-state index in [2.05, 4.69) is 21.9 Å². The molecule has 78 valence electrons. The van der Waals surface area contributed by atoms with E-state index >= 15 is 0 Å². The number of benzene rings is 1. The molecule has 1 aromatic carbocycles. The molecule has 0 unspecified atom stereocenters. The monoisotopic (exact) mass is 285 g/mol. The third-order valence-corrected chi connectivity index (χ3v) is 2.64. The van der Waals surface area contributed by atoms with Crippen LogP contribution in [0.5, 0.6) is 0 Å². The molecule has 0 spiro atoms. The van der Waals surface area contributed by atoms with Gasteiger partial charge in [-0.15, -0.1) is 6.42 Å². The molecule has 0 radical (unpaired) electrons. The zero-order valence-corrected chi connectivity index (χ0v) is 10.5. The van der Waals surface area contributed by atoms with Gasteiger partial charge in [0.2, 0.25) is 0 Å². The molecule has 0 saturated heterocycles. The number of amides is 1. The van der Waals surface area contributed by atoms with Crippen LogP contribution in [0.1, 0.15) is 10.4 Å². The van der Waals surface area contributed by atoms with Gasteiger partial charge in [0.1, 0.15) is 0 Å². The number of rotatable bonds is 2. The lowest BCUT2D eigenvalue weighted by Crippen LogP contribution is -2.27. The Balaban J connectivity index is 2.97. The maximum Gasteiger partial charge on any atom is 0.255 e. The summed E-state index contributed by atoms with van der Waals surface area (Å²) >= 11 is 9.21. The standard InChI is InChI=1S/C11H9BrClNO/c1-3-6-14(2)11(15)9-5-4-8(12)7-10(9)13/h1,4-5,7H,6H2,2H3. The lowest BCUT2D eigenvalue weighted by Gasteiger charge is -2.14. The molecule has 0 fully saturated rings. The van der Waals surface area contributed by atoms with Crippen molar-refractivity contribution in [3.63, 3.8) is 0 Å². The maximum atomic E-state index is 11.8. The summed E-state index contributed by atoms with van der Waals surface area (Å²) in [5, 5.41) is 0.415. The SMILES string of the molecule is C#CCN(C)C(=O)c1ccc(Br)cc1Cl. The summed E-state index contributed by atoms with van der Waals surface area (Å²) in [5.74, 6) is 2.23. The molecule has 0 aliphatic heterocycles. The van der Waals surface area contributed by atoms with Crippen LogP contribution in [0, 0.1) is 12.3 Å². The zero-order chi connectivity index (χ0) is 11.4. The van der Waals surface area contributed by atoms with Crippen molar-refractivity contribution < 1.29 is 4.79 Å². The summed E-state index contributed by atoms with van der Waals surface area (Å²) in [7, 11) is 1.64. The third kappa shape index (κ3) is 2.98. The van der Waals surface area contributed by atoms with Crippen molar-refractivity contribution in [2.75, 3.05) is 13.6 Å². The van der Waals surface area contributed by atoms with Crippen molar-refractivity contribution in [1.29, 1.82) is 0 Å². The van der Waals surface area contributed by atoms with Crippen LogP contribution in [0.4, 0.5) is 0 Å². The first-order chi connectivity index (χ1) is 7.06. The zero-order valence-electron chi connectivity index (χ0n) is 8.13. The molecule has 1 amide bonds. The van der Waals surface area contributed by atoms with E-state index in [1.165, 1.54) is 4.90 Å². The number of carbonyl (C=O) groups is 1. The van der Waals surface area contributed by atoms with Crippen molar-refractivity contribution in [1.82, 2.24) is 4.90 Å². The highest BCUT2D eigenvalue weighted by atomic mass is 79.9. The Morgan fingerprint density at radius 1 is 1.67 bits per heavy atom. The van der Waals surface area contributed by atoms with Crippen LogP contribution in [0.15, 0.2) is 22.7 Å². The maximum absolute atomic E-state index is 11.8. The van der Waals surface area contributed by atoms with Crippen molar-refractivity contribution in [2.45, 2.75) is 0 Å². The van der Waals surface area contributed by atoms with Gasteiger partial charge in [0.25, 0.3) is 5.91 Å². The van der Waals surface area contributed by atoms with Crippen molar-refractivity contribution in [3.8, 4) is 12.3 Å². The molecule has 0 saturated carbocycles. The number of halogens is 2. The molecule has 4 heteroatoms. The van der Waals surface area contributed by atoms with Crippen LogP contribution in [-0.4, -0.2) is 24.4 Å². The average molecular weight is 287 g/mol. The summed E-state index contributed by atoms with van der Waals surface area (Å²) in [5.41, 5.74) is 0.456. The summed E-state index contributed by atoms with van der Waals surface area (Å²) in [6.45, 7) is 0.269. The molecule has 1 aromatic rings. The smallest absolute Gasteiger partial charge is 0.255 e. The number of nitrogens with zero attached hydrogens (tertiary/aromatic N) is 1. The molecule has 0 aliphatic rings. The highest BCUT2D eigenvalue weighted by Crippen LogP contribution is 2.22. The van der Waals surface area contributed by atoms with Gasteiger partial charge in [-0.2, -0.15) is 0 Å². The fraction of sp³-hybridized carbons (Fsp3) is 0.182. The van der Waals surface area contributed by atoms with E-state index in [9.17, 15) is 4.79 Å². The molecule has 15 heavy (non-hydrogen) atoms. The Labute approximate surface area is 102 Å². The van der Waals surface area contributed by atoms with Crippen LogP contribution < -0.4 is 0 Å². The largest absolute Gasteiger partial charge is 0.331 e. The fourth-order valence-corrected chi connectivity index (χ4v) is 1.83. The van der Waals surface area contributed by atoms with Gasteiger partial charge in [-0.25, -0.2) is 0 Å². The van der Waals surface area contributed by atoms with Gasteiger partial charge in [-0.05, 0) is 18.2 Å². The Bertz CT molecular complexity index is 425. The first-order valence-electron chi connectivity index (χ1n) is 4.20. The molecule has 0 bridgehead atoms. The van der Waals surface area contributed by atoms with Crippen molar-refractivity contribution in [2.24, 2.45) is 0 Å². The Hall–Kier alpha value is -0.980. The predicted octanol–water partition coefficient (Wildman–Crippen LogP) is 2.81. The van der Waals surface area contributed by atoms with Gasteiger partial charge in [-0.1, -0.05) is 33.5 Å². The Morgan fingerprint density at radius 2 is 2.33 bits per heavy atom. The first kappa shape index (κ1) is 12.1. The molecule has 0 aromatic heterocycles. The second-order valence-electron chi connectivity index (χ2n) is 2.99. The predicted molar refractivity (Wildman–Crippen MR) is 64.9 cm³/mol. The van der Waals surface area contributed by atoms with Gasteiger partial charge >= 0.3 is 0 Å². The summed E-state index contributed by atoms with van der Waals surface area (Å²) in [6.07, 6.45) is 5.12. The van der Waals surface area contributed by atoms with Gasteiger partial charge in [0, 0.05) is 11.5 Å². The van der Waals surface area contributed by atoms with E-state index in [-0.39, 0.29) is 12.5 Å². The number of hydrogen-bond acceptors (Lipinski definition) is 1. The minimum Gasteiger partial charge on any atom is -0.331 e. The summed E-state index contributed by atoms with van der Waals surface area (Å²) in [6, 6.07) is 5.11. The average Bonchev–Trinajstić information content (AvgIpc) is 2.17. The van der Waals surface area contributed by atoms with Crippen molar-refractivity contribution >= 4 is 33.4 Å². The van der Waals surface area contributed by atoms with Crippen LogP contribution in [0.2, 0.25) is 5.02 Å². The van der Waals surface area contributed by atoms with Gasteiger partial charge in [-0.3, -0.25) is 4.79 Å². The van der Waals surface area contributed by atoms with Crippen molar-refractivity contribution in [3.05, 3.63) is 33.3 Å². The van der Waals surface area contributed by atoms with E-state index in [1.807, 2.05) is 0 Å². The van der Waals surface area contributed by atoms with E-state index in [1.54, 1.807) is 25.2 Å². The normalized spacial score (nSPS) is 9.47. The summed E-state index contributed by atoms with van der Waals surface area (Å²) < 4.78 is 0.837. The molecule has 2 nitrogen and oxygen atoms in total. The second-order valence-corrected chi connectivity index (χ2v) is 4.31. The van der Waals surface area contributed by atoms with Crippen LogP contribution >= 0.6 is 27.5 Å². The lowest BCUT2D eigenvalue weighted by molar-refractivity contribution is 0.0813. The van der Waals surface area contributed by atoms with E-state index in [0.717, 1.165) is 4.47 Å².